The predicted molar refractivity (Wildman–Crippen MR) is 103 cm³/mol. The van der Waals surface area contributed by atoms with E-state index >= 15 is 0 Å². The van der Waals surface area contributed by atoms with Crippen LogP contribution in [0.25, 0.3) is 0 Å². The molecule has 0 radical (unpaired) electrons. The number of rotatable bonds is 7. The maximum absolute atomic E-state index is 12.3. The monoisotopic (exact) mass is 368 g/mol. The Kier molecular flexibility index (Phi) is 5.96. The topological polar surface area (TPSA) is 67.9 Å². The van der Waals surface area contributed by atoms with E-state index in [-0.39, 0.29) is 18.2 Å². The quantitative estimate of drug-likeness (QED) is 0.816. The number of carbonyl (C=O) groups excluding carboxylic acids is 2. The molecule has 6 heteroatoms. The molecular formula is C21H24N2O4. The van der Waals surface area contributed by atoms with E-state index in [1.807, 2.05) is 42.5 Å². The minimum absolute atomic E-state index is 0.0788. The molecule has 3 rings (SSSR count). The molecule has 0 unspecified atom stereocenters. The Bertz CT molecular complexity index is 817. The molecule has 0 bridgehead atoms. The fraction of sp³-hybridized carbons (Fsp3) is 0.333. The third kappa shape index (κ3) is 4.39. The molecule has 2 aromatic carbocycles. The van der Waals surface area contributed by atoms with Crippen LogP contribution in [0.5, 0.6) is 11.5 Å². The molecule has 1 saturated heterocycles. The average molecular weight is 368 g/mol. The van der Waals surface area contributed by atoms with Gasteiger partial charge < -0.3 is 19.7 Å². The van der Waals surface area contributed by atoms with Gasteiger partial charge in [0, 0.05) is 30.8 Å². The largest absolute Gasteiger partial charge is 0.493 e. The fourth-order valence-electron chi connectivity index (χ4n) is 3.25. The van der Waals surface area contributed by atoms with Crippen molar-refractivity contribution in [1.82, 2.24) is 5.32 Å². The van der Waals surface area contributed by atoms with Crippen molar-refractivity contribution in [3.8, 4) is 11.5 Å². The van der Waals surface area contributed by atoms with E-state index in [1.165, 1.54) is 0 Å². The van der Waals surface area contributed by atoms with Gasteiger partial charge in [0.25, 0.3) is 0 Å². The van der Waals surface area contributed by atoms with Crippen molar-refractivity contribution in [2.45, 2.75) is 25.8 Å². The Morgan fingerprint density at radius 2 is 1.89 bits per heavy atom. The Morgan fingerprint density at radius 1 is 1.11 bits per heavy atom. The molecule has 6 nitrogen and oxygen atoms in total. The lowest BCUT2D eigenvalue weighted by Gasteiger charge is -2.16. The van der Waals surface area contributed by atoms with Crippen LogP contribution < -0.4 is 19.7 Å². The minimum atomic E-state index is -0.0788. The molecule has 1 aliphatic rings. The van der Waals surface area contributed by atoms with Crippen LogP contribution in [0.2, 0.25) is 0 Å². The minimum Gasteiger partial charge on any atom is -0.493 e. The van der Waals surface area contributed by atoms with Crippen molar-refractivity contribution in [2.24, 2.45) is 0 Å². The summed E-state index contributed by atoms with van der Waals surface area (Å²) in [7, 11) is 3.16. The van der Waals surface area contributed by atoms with Gasteiger partial charge in [-0.15, -0.1) is 0 Å². The lowest BCUT2D eigenvalue weighted by Crippen LogP contribution is -2.25. The summed E-state index contributed by atoms with van der Waals surface area (Å²) in [4.78, 5) is 25.9. The lowest BCUT2D eigenvalue weighted by atomic mass is 10.1. The second-order valence-electron chi connectivity index (χ2n) is 6.42. The van der Waals surface area contributed by atoms with E-state index < -0.39 is 0 Å². The number of methoxy groups -OCH3 is 2. The van der Waals surface area contributed by atoms with Gasteiger partial charge in [-0.2, -0.15) is 0 Å². The SMILES string of the molecule is COc1cccc(CNC(=O)Cc2ccc(N3CCCC3=O)cc2)c1OC. The summed E-state index contributed by atoms with van der Waals surface area (Å²) < 4.78 is 10.7. The maximum atomic E-state index is 12.3. The molecule has 1 fully saturated rings. The van der Waals surface area contributed by atoms with E-state index in [1.54, 1.807) is 19.1 Å². The predicted octanol–water partition coefficient (Wildman–Crippen LogP) is 2.69. The second kappa shape index (κ2) is 8.58. The third-order valence-corrected chi connectivity index (χ3v) is 4.65. The average Bonchev–Trinajstić information content (AvgIpc) is 3.12. The van der Waals surface area contributed by atoms with E-state index in [0.717, 1.165) is 29.8 Å². The summed E-state index contributed by atoms with van der Waals surface area (Å²) in [6.07, 6.45) is 1.79. The van der Waals surface area contributed by atoms with Gasteiger partial charge in [0.1, 0.15) is 0 Å². The van der Waals surface area contributed by atoms with Crippen LogP contribution >= 0.6 is 0 Å². The Hall–Kier alpha value is -3.02. The Morgan fingerprint density at radius 3 is 2.52 bits per heavy atom. The molecule has 1 N–H and O–H groups in total. The molecular weight excluding hydrogens is 344 g/mol. The smallest absolute Gasteiger partial charge is 0.227 e. The molecule has 1 aliphatic heterocycles. The molecule has 27 heavy (non-hydrogen) atoms. The first-order chi connectivity index (χ1) is 13.1. The van der Waals surface area contributed by atoms with Crippen LogP contribution in [0.15, 0.2) is 42.5 Å². The first-order valence-electron chi connectivity index (χ1n) is 8.98. The summed E-state index contributed by atoms with van der Waals surface area (Å²) in [6, 6.07) is 13.2. The maximum Gasteiger partial charge on any atom is 0.227 e. The number of anilines is 1. The Labute approximate surface area is 159 Å². The zero-order valence-corrected chi connectivity index (χ0v) is 15.7. The Balaban J connectivity index is 1.57. The van der Waals surface area contributed by atoms with Crippen LogP contribution in [0, 0.1) is 0 Å². The van der Waals surface area contributed by atoms with Crippen LogP contribution in [0.3, 0.4) is 0 Å². The molecule has 142 valence electrons. The summed E-state index contributed by atoms with van der Waals surface area (Å²) in [6.45, 7) is 1.13. The van der Waals surface area contributed by atoms with E-state index in [2.05, 4.69) is 5.32 Å². The number of benzene rings is 2. The fourth-order valence-corrected chi connectivity index (χ4v) is 3.25. The van der Waals surface area contributed by atoms with Crippen molar-refractivity contribution >= 4 is 17.5 Å². The number of carbonyl (C=O) groups is 2. The van der Waals surface area contributed by atoms with E-state index in [4.69, 9.17) is 9.47 Å². The number of hydrogen-bond donors (Lipinski definition) is 1. The third-order valence-electron chi connectivity index (χ3n) is 4.65. The molecule has 0 aromatic heterocycles. The highest BCUT2D eigenvalue weighted by atomic mass is 16.5. The number of para-hydroxylation sites is 1. The van der Waals surface area contributed by atoms with Gasteiger partial charge in [0.2, 0.25) is 11.8 Å². The number of nitrogens with one attached hydrogen (secondary N) is 1. The molecule has 0 atom stereocenters. The molecule has 0 spiro atoms. The summed E-state index contributed by atoms with van der Waals surface area (Å²) >= 11 is 0. The second-order valence-corrected chi connectivity index (χ2v) is 6.42. The summed E-state index contributed by atoms with van der Waals surface area (Å²) in [5.74, 6) is 1.34. The highest BCUT2D eigenvalue weighted by Gasteiger charge is 2.21. The van der Waals surface area contributed by atoms with Gasteiger partial charge in [-0.25, -0.2) is 0 Å². The van der Waals surface area contributed by atoms with Crippen molar-refractivity contribution in [3.63, 3.8) is 0 Å². The molecule has 0 aliphatic carbocycles. The van der Waals surface area contributed by atoms with Gasteiger partial charge in [0.05, 0.1) is 20.6 Å². The summed E-state index contributed by atoms with van der Waals surface area (Å²) in [5, 5.41) is 2.91. The van der Waals surface area contributed by atoms with Crippen molar-refractivity contribution in [2.75, 3.05) is 25.7 Å². The first-order valence-corrected chi connectivity index (χ1v) is 8.98. The highest BCUT2D eigenvalue weighted by Crippen LogP contribution is 2.30. The zero-order valence-electron chi connectivity index (χ0n) is 15.7. The first kappa shape index (κ1) is 18.8. The van der Waals surface area contributed by atoms with Crippen LogP contribution in [0.4, 0.5) is 5.69 Å². The lowest BCUT2D eigenvalue weighted by molar-refractivity contribution is -0.120. The van der Waals surface area contributed by atoms with Crippen molar-refractivity contribution < 1.29 is 19.1 Å². The summed E-state index contributed by atoms with van der Waals surface area (Å²) in [5.41, 5.74) is 2.65. The van der Waals surface area contributed by atoms with Crippen LogP contribution in [-0.2, 0) is 22.6 Å². The normalized spacial score (nSPS) is 13.6. The molecule has 0 saturated carbocycles. The standard InChI is InChI=1S/C21H24N2O4/c1-26-18-6-3-5-16(21(18)27-2)14-22-19(24)13-15-8-10-17(11-9-15)23-12-4-7-20(23)25/h3,5-6,8-11H,4,7,12-14H2,1-2H3,(H,22,24). The van der Waals surface area contributed by atoms with Gasteiger partial charge in [-0.05, 0) is 30.2 Å². The highest BCUT2D eigenvalue weighted by molar-refractivity contribution is 5.95. The molecule has 1 heterocycles. The van der Waals surface area contributed by atoms with Crippen molar-refractivity contribution in [1.29, 1.82) is 0 Å². The molecule has 2 amide bonds. The number of ether oxygens (including phenoxy) is 2. The van der Waals surface area contributed by atoms with Gasteiger partial charge in [-0.1, -0.05) is 24.3 Å². The van der Waals surface area contributed by atoms with E-state index in [0.29, 0.717) is 24.5 Å². The van der Waals surface area contributed by atoms with Crippen molar-refractivity contribution in [3.05, 3.63) is 53.6 Å². The molecule has 2 aromatic rings. The number of hydrogen-bond acceptors (Lipinski definition) is 4. The number of nitrogens with zero attached hydrogens (tertiary/aromatic N) is 1. The number of amides is 2. The van der Waals surface area contributed by atoms with Crippen LogP contribution in [-0.4, -0.2) is 32.6 Å². The zero-order chi connectivity index (χ0) is 19.2. The van der Waals surface area contributed by atoms with Gasteiger partial charge >= 0.3 is 0 Å². The van der Waals surface area contributed by atoms with Gasteiger partial charge in [0.15, 0.2) is 11.5 Å². The van der Waals surface area contributed by atoms with E-state index in [9.17, 15) is 9.59 Å². The van der Waals surface area contributed by atoms with Gasteiger partial charge in [-0.3, -0.25) is 9.59 Å². The van der Waals surface area contributed by atoms with Crippen LogP contribution in [0.1, 0.15) is 24.0 Å².